The van der Waals surface area contributed by atoms with Gasteiger partial charge < -0.3 is 9.13 Å². The summed E-state index contributed by atoms with van der Waals surface area (Å²) in [6.07, 6.45) is 3.66. The van der Waals surface area contributed by atoms with Crippen LogP contribution in [0.4, 0.5) is 0 Å². The number of pyridine rings is 1. The topological polar surface area (TPSA) is 46.5 Å². The van der Waals surface area contributed by atoms with Crippen molar-refractivity contribution in [2.75, 3.05) is 0 Å². The van der Waals surface area contributed by atoms with E-state index in [0.29, 0.717) is 5.56 Å². The summed E-state index contributed by atoms with van der Waals surface area (Å²) in [5.41, 5.74) is 17.7. The quantitative estimate of drug-likeness (QED) is 0.161. The van der Waals surface area contributed by atoms with Gasteiger partial charge in [-0.15, -0.1) is 0 Å². The van der Waals surface area contributed by atoms with Crippen LogP contribution < -0.4 is 0 Å². The minimum Gasteiger partial charge on any atom is -0.308 e. The van der Waals surface area contributed by atoms with Crippen molar-refractivity contribution in [3.63, 3.8) is 0 Å². The molecule has 0 N–H and O–H groups in total. The molecule has 3 aromatic heterocycles. The van der Waals surface area contributed by atoms with Crippen molar-refractivity contribution in [2.45, 2.75) is 0 Å². The first-order chi connectivity index (χ1) is 31.7. The van der Waals surface area contributed by atoms with E-state index in [-0.39, 0.29) is 0 Å². The van der Waals surface area contributed by atoms with Gasteiger partial charge in [0, 0.05) is 33.9 Å². The molecule has 0 amide bonds. The molecular weight excluding hydrogens is 777 g/mol. The lowest BCUT2D eigenvalue weighted by atomic mass is 9.94. The van der Waals surface area contributed by atoms with Crippen LogP contribution in [0.2, 0.25) is 0 Å². The van der Waals surface area contributed by atoms with E-state index in [4.69, 9.17) is 0 Å². The van der Waals surface area contributed by atoms with Gasteiger partial charge in [-0.2, -0.15) is 5.26 Å². The zero-order valence-corrected chi connectivity index (χ0v) is 34.7. The number of nitriles is 1. The summed E-state index contributed by atoms with van der Waals surface area (Å²) in [4.78, 5) is 4.37. The zero-order chi connectivity index (χ0) is 42.6. The molecule has 0 aliphatic rings. The first-order valence-electron chi connectivity index (χ1n) is 21.6. The van der Waals surface area contributed by atoms with Gasteiger partial charge in [-0.1, -0.05) is 158 Å². The third-order valence-corrected chi connectivity index (χ3v) is 12.7. The smallest absolute Gasteiger partial charge is 0.104 e. The molecule has 0 unspecified atom stereocenters. The molecule has 4 heteroatoms. The first kappa shape index (κ1) is 37.0. The maximum absolute atomic E-state index is 11.5. The number of benzene rings is 9. The summed E-state index contributed by atoms with van der Waals surface area (Å²) in [7, 11) is 0. The van der Waals surface area contributed by atoms with Gasteiger partial charge in [0.15, 0.2) is 0 Å². The van der Waals surface area contributed by atoms with E-state index in [0.717, 1.165) is 77.2 Å². The molecular formula is C60H38N4. The molecule has 0 aliphatic heterocycles. The number of para-hydroxylation sites is 2. The van der Waals surface area contributed by atoms with Gasteiger partial charge in [0.05, 0.1) is 33.4 Å². The fourth-order valence-corrected chi connectivity index (χ4v) is 9.80. The molecule has 0 aliphatic carbocycles. The number of rotatable bonds is 7. The Kier molecular flexibility index (Phi) is 8.84. The van der Waals surface area contributed by atoms with Gasteiger partial charge in [-0.05, 0) is 116 Å². The summed E-state index contributed by atoms with van der Waals surface area (Å²) < 4.78 is 4.58. The maximum Gasteiger partial charge on any atom is 0.104 e. The van der Waals surface area contributed by atoms with Crippen LogP contribution in [-0.4, -0.2) is 14.1 Å². The third kappa shape index (κ3) is 6.02. The lowest BCUT2D eigenvalue weighted by molar-refractivity contribution is 1.12. The number of fused-ring (bicyclic) bond motifs is 6. The predicted octanol–water partition coefficient (Wildman–Crippen LogP) is 15.5. The molecule has 0 atom stereocenters. The second-order valence-electron chi connectivity index (χ2n) is 16.2. The minimum absolute atomic E-state index is 0.583. The second-order valence-corrected chi connectivity index (χ2v) is 16.2. The summed E-state index contributed by atoms with van der Waals surface area (Å²) in [5, 5.41) is 16.0. The van der Waals surface area contributed by atoms with Gasteiger partial charge in [0.25, 0.3) is 0 Å². The molecule has 4 nitrogen and oxygen atoms in total. The Hall–Kier alpha value is -8.78. The second kappa shape index (κ2) is 15.3. The summed E-state index contributed by atoms with van der Waals surface area (Å²) in [5.74, 6) is 0. The van der Waals surface area contributed by atoms with Crippen molar-refractivity contribution in [2.24, 2.45) is 0 Å². The molecule has 3 heterocycles. The van der Waals surface area contributed by atoms with E-state index >= 15 is 0 Å². The van der Waals surface area contributed by atoms with Crippen molar-refractivity contribution in [3.8, 4) is 73.1 Å². The molecule has 64 heavy (non-hydrogen) atoms. The van der Waals surface area contributed by atoms with Crippen molar-refractivity contribution in [3.05, 3.63) is 236 Å². The van der Waals surface area contributed by atoms with Gasteiger partial charge in [-0.3, -0.25) is 4.98 Å². The minimum atomic E-state index is 0.583. The molecule has 298 valence electrons. The Morgan fingerprint density at radius 2 is 0.703 bits per heavy atom. The lowest BCUT2D eigenvalue weighted by Crippen LogP contribution is -2.05. The molecule has 0 saturated carbocycles. The van der Waals surface area contributed by atoms with E-state index < -0.39 is 0 Å². The van der Waals surface area contributed by atoms with Crippen molar-refractivity contribution in [1.29, 1.82) is 5.26 Å². The molecule has 0 bridgehead atoms. The highest BCUT2D eigenvalue weighted by Gasteiger charge is 2.23. The van der Waals surface area contributed by atoms with Crippen LogP contribution in [0.25, 0.3) is 111 Å². The number of nitrogens with zero attached hydrogens (tertiary/aromatic N) is 4. The molecule has 0 saturated heterocycles. The average molecular weight is 815 g/mol. The number of hydrogen-bond acceptors (Lipinski definition) is 2. The summed E-state index contributed by atoms with van der Waals surface area (Å²) in [6, 6.07) is 80.2. The molecule has 12 aromatic rings. The van der Waals surface area contributed by atoms with Crippen LogP contribution in [0.5, 0.6) is 0 Å². The first-order valence-corrected chi connectivity index (χ1v) is 21.6. The Balaban J connectivity index is 1.11. The number of hydrogen-bond donors (Lipinski definition) is 0. The summed E-state index contributed by atoms with van der Waals surface area (Å²) >= 11 is 0. The Labute approximate surface area is 370 Å². The highest BCUT2D eigenvalue weighted by atomic mass is 15.0. The fraction of sp³-hybridized carbons (Fsp3) is 0. The van der Waals surface area contributed by atoms with E-state index in [1.54, 1.807) is 0 Å². The Morgan fingerprint density at radius 3 is 1.16 bits per heavy atom. The van der Waals surface area contributed by atoms with E-state index in [1.165, 1.54) is 33.4 Å². The largest absolute Gasteiger partial charge is 0.308 e. The van der Waals surface area contributed by atoms with Crippen LogP contribution in [0.3, 0.4) is 0 Å². The highest BCUT2D eigenvalue weighted by molar-refractivity contribution is 6.13. The predicted molar refractivity (Wildman–Crippen MR) is 265 cm³/mol. The van der Waals surface area contributed by atoms with Crippen LogP contribution in [0.1, 0.15) is 5.56 Å². The van der Waals surface area contributed by atoms with E-state index in [9.17, 15) is 5.26 Å². The van der Waals surface area contributed by atoms with Gasteiger partial charge in [0.2, 0.25) is 0 Å². The fourth-order valence-electron chi connectivity index (χ4n) is 9.80. The normalized spacial score (nSPS) is 11.4. The Morgan fingerprint density at radius 1 is 0.312 bits per heavy atom. The maximum atomic E-state index is 11.5. The van der Waals surface area contributed by atoms with Crippen LogP contribution >= 0.6 is 0 Å². The molecule has 0 spiro atoms. The monoisotopic (exact) mass is 814 g/mol. The van der Waals surface area contributed by atoms with E-state index in [2.05, 4.69) is 226 Å². The molecule has 0 fully saturated rings. The van der Waals surface area contributed by atoms with Crippen molar-refractivity contribution >= 4 is 43.6 Å². The molecule has 9 aromatic carbocycles. The number of aromatic nitrogens is 3. The van der Waals surface area contributed by atoms with Crippen LogP contribution in [-0.2, 0) is 0 Å². The van der Waals surface area contributed by atoms with Crippen LogP contribution in [0.15, 0.2) is 231 Å². The van der Waals surface area contributed by atoms with Crippen molar-refractivity contribution < 1.29 is 0 Å². The van der Waals surface area contributed by atoms with Crippen LogP contribution in [0, 0.1) is 11.3 Å². The summed E-state index contributed by atoms with van der Waals surface area (Å²) in [6.45, 7) is 0. The zero-order valence-electron chi connectivity index (χ0n) is 34.7. The lowest BCUT2D eigenvalue weighted by Gasteiger charge is -2.18. The van der Waals surface area contributed by atoms with Gasteiger partial charge in [0.1, 0.15) is 11.6 Å². The molecule has 12 rings (SSSR count). The highest BCUT2D eigenvalue weighted by Crippen LogP contribution is 2.43. The van der Waals surface area contributed by atoms with Gasteiger partial charge >= 0.3 is 0 Å². The third-order valence-electron chi connectivity index (χ3n) is 12.7. The average Bonchev–Trinajstić information content (AvgIpc) is 3.89. The Bertz CT molecular complexity index is 3560. The van der Waals surface area contributed by atoms with E-state index in [1.807, 2.05) is 24.5 Å². The SMILES string of the molecule is N#Cc1c(-n2c3ccccc3c3cc(-c4ccccc4-c4ccccc4)ccc32)cc(-c2ccncc2)cc1-n1c2ccccc2c2cc(-c3ccccc3-c3ccccc3)ccc21. The van der Waals surface area contributed by atoms with Gasteiger partial charge in [-0.25, -0.2) is 0 Å². The standard InChI is InChI=1S/C60H38N4/c61-39-54-59(63-55-25-13-11-23-50(55)52-35-43(27-29-57(52)63)48-21-9-7-19-46(48)41-15-3-1-4-16-41)37-45(40-31-33-62-34-32-40)38-60(54)64-56-26-14-12-24-51(56)53-36-44(28-30-58(53)64)49-22-10-8-20-47(49)42-17-5-2-6-18-42/h1-38H. The molecule has 0 radical (unpaired) electrons. The van der Waals surface area contributed by atoms with Crippen molar-refractivity contribution in [1.82, 2.24) is 14.1 Å².